The van der Waals surface area contributed by atoms with Gasteiger partial charge in [0.05, 0.1) is 4.92 Å². The number of anilines is 1. The lowest BCUT2D eigenvalue weighted by Crippen LogP contribution is -2.10. The summed E-state index contributed by atoms with van der Waals surface area (Å²) in [5.74, 6) is 0. The fourth-order valence-electron chi connectivity index (χ4n) is 2.67. The summed E-state index contributed by atoms with van der Waals surface area (Å²) in [4.78, 5) is 10.8. The van der Waals surface area contributed by atoms with Crippen LogP contribution in [0.3, 0.4) is 0 Å². The number of nitro benzene ring substituents is 1. The van der Waals surface area contributed by atoms with Crippen LogP contribution in [-0.2, 0) is 12.8 Å². The highest BCUT2D eigenvalue weighted by atomic mass is 16.6. The SMILES string of the molecule is O=[N+]([O-])c1ccccc1NN=C(Cc1ccccc1)Cc1ccccc1. The van der Waals surface area contributed by atoms with Crippen LogP contribution in [0.2, 0.25) is 0 Å². The number of hydrogen-bond acceptors (Lipinski definition) is 4. The minimum absolute atomic E-state index is 0.00928. The van der Waals surface area contributed by atoms with Crippen LogP contribution in [0.4, 0.5) is 11.4 Å². The molecular weight excluding hydrogens is 326 g/mol. The fourth-order valence-corrected chi connectivity index (χ4v) is 2.67. The summed E-state index contributed by atoms with van der Waals surface area (Å²) >= 11 is 0. The first-order chi connectivity index (χ1) is 12.7. The maximum Gasteiger partial charge on any atom is 0.294 e. The van der Waals surface area contributed by atoms with E-state index in [1.54, 1.807) is 18.2 Å². The fraction of sp³-hybridized carbons (Fsp3) is 0.0952. The molecule has 0 saturated heterocycles. The molecule has 5 heteroatoms. The number of hydrogen-bond donors (Lipinski definition) is 1. The Labute approximate surface area is 152 Å². The lowest BCUT2D eigenvalue weighted by atomic mass is 10.0. The molecule has 5 nitrogen and oxygen atoms in total. The van der Waals surface area contributed by atoms with Crippen molar-refractivity contribution in [3.8, 4) is 0 Å². The molecule has 0 aliphatic rings. The molecule has 3 aromatic rings. The van der Waals surface area contributed by atoms with E-state index in [1.807, 2.05) is 60.7 Å². The number of rotatable bonds is 7. The summed E-state index contributed by atoms with van der Waals surface area (Å²) in [6.45, 7) is 0. The molecule has 0 amide bonds. The first-order valence-electron chi connectivity index (χ1n) is 8.35. The average molecular weight is 345 g/mol. The number of benzene rings is 3. The van der Waals surface area contributed by atoms with Crippen molar-refractivity contribution in [1.82, 2.24) is 0 Å². The van der Waals surface area contributed by atoms with Crippen molar-refractivity contribution >= 4 is 17.1 Å². The van der Waals surface area contributed by atoms with Crippen molar-refractivity contribution in [2.24, 2.45) is 5.10 Å². The Morgan fingerprint density at radius 1 is 0.808 bits per heavy atom. The van der Waals surface area contributed by atoms with E-state index in [9.17, 15) is 10.1 Å². The molecule has 130 valence electrons. The summed E-state index contributed by atoms with van der Waals surface area (Å²) < 4.78 is 0. The molecule has 3 aromatic carbocycles. The Morgan fingerprint density at radius 3 is 1.85 bits per heavy atom. The zero-order chi connectivity index (χ0) is 18.2. The topological polar surface area (TPSA) is 67.5 Å². The molecule has 0 bridgehead atoms. The van der Waals surface area contributed by atoms with E-state index in [0.717, 1.165) is 16.8 Å². The van der Waals surface area contributed by atoms with E-state index in [0.29, 0.717) is 18.5 Å². The monoisotopic (exact) mass is 345 g/mol. The van der Waals surface area contributed by atoms with Crippen molar-refractivity contribution in [1.29, 1.82) is 0 Å². The van der Waals surface area contributed by atoms with Gasteiger partial charge in [-0.2, -0.15) is 5.10 Å². The maximum atomic E-state index is 11.2. The van der Waals surface area contributed by atoms with Crippen LogP contribution in [0, 0.1) is 10.1 Å². The summed E-state index contributed by atoms with van der Waals surface area (Å²) in [5.41, 5.74) is 6.47. The van der Waals surface area contributed by atoms with Gasteiger partial charge in [-0.3, -0.25) is 15.5 Å². The van der Waals surface area contributed by atoms with Gasteiger partial charge in [-0.15, -0.1) is 0 Å². The molecule has 0 aliphatic heterocycles. The third-order valence-electron chi connectivity index (χ3n) is 3.94. The van der Waals surface area contributed by atoms with E-state index >= 15 is 0 Å². The molecule has 0 aliphatic carbocycles. The molecule has 1 N–H and O–H groups in total. The van der Waals surface area contributed by atoms with Crippen LogP contribution in [0.15, 0.2) is 90.0 Å². The van der Waals surface area contributed by atoms with Gasteiger partial charge in [-0.25, -0.2) is 0 Å². The molecule has 26 heavy (non-hydrogen) atoms. The van der Waals surface area contributed by atoms with Crippen LogP contribution in [0.25, 0.3) is 0 Å². The number of nitro groups is 1. The highest BCUT2D eigenvalue weighted by molar-refractivity contribution is 5.89. The van der Waals surface area contributed by atoms with Gasteiger partial charge in [-0.05, 0) is 17.2 Å². The molecular formula is C21H19N3O2. The predicted octanol–water partition coefficient (Wildman–Crippen LogP) is 4.85. The Morgan fingerprint density at radius 2 is 1.31 bits per heavy atom. The van der Waals surface area contributed by atoms with Crippen molar-refractivity contribution in [2.45, 2.75) is 12.8 Å². The second-order valence-corrected chi connectivity index (χ2v) is 5.89. The quantitative estimate of drug-likeness (QED) is 0.378. The molecule has 0 heterocycles. The molecule has 0 fully saturated rings. The summed E-state index contributed by atoms with van der Waals surface area (Å²) in [5, 5.41) is 15.7. The van der Waals surface area contributed by atoms with Crippen LogP contribution in [-0.4, -0.2) is 10.6 Å². The second-order valence-electron chi connectivity index (χ2n) is 5.89. The lowest BCUT2D eigenvalue weighted by molar-refractivity contribution is -0.384. The van der Waals surface area contributed by atoms with Crippen LogP contribution >= 0.6 is 0 Å². The molecule has 0 atom stereocenters. The zero-order valence-corrected chi connectivity index (χ0v) is 14.2. The van der Waals surface area contributed by atoms with Crippen LogP contribution in [0.1, 0.15) is 11.1 Å². The minimum Gasteiger partial charge on any atom is -0.272 e. The highest BCUT2D eigenvalue weighted by Crippen LogP contribution is 2.23. The molecule has 0 spiro atoms. The summed E-state index contributed by atoms with van der Waals surface area (Å²) in [6, 6.07) is 26.6. The zero-order valence-electron chi connectivity index (χ0n) is 14.2. The van der Waals surface area contributed by atoms with Crippen molar-refractivity contribution in [2.75, 3.05) is 5.43 Å². The van der Waals surface area contributed by atoms with E-state index in [1.165, 1.54) is 6.07 Å². The lowest BCUT2D eigenvalue weighted by Gasteiger charge is -2.09. The van der Waals surface area contributed by atoms with E-state index < -0.39 is 4.92 Å². The van der Waals surface area contributed by atoms with E-state index in [-0.39, 0.29) is 5.69 Å². The molecule has 0 saturated carbocycles. The van der Waals surface area contributed by atoms with Crippen molar-refractivity contribution in [3.05, 3.63) is 106 Å². The number of para-hydroxylation sites is 2. The van der Waals surface area contributed by atoms with Gasteiger partial charge in [0, 0.05) is 24.6 Å². The molecule has 3 rings (SSSR count). The minimum atomic E-state index is -0.411. The second kappa shape index (κ2) is 8.58. The smallest absolute Gasteiger partial charge is 0.272 e. The van der Waals surface area contributed by atoms with Gasteiger partial charge >= 0.3 is 0 Å². The van der Waals surface area contributed by atoms with Gasteiger partial charge in [-0.1, -0.05) is 72.8 Å². The third-order valence-corrected chi connectivity index (χ3v) is 3.94. The molecule has 0 aromatic heterocycles. The summed E-state index contributed by atoms with van der Waals surface area (Å²) in [7, 11) is 0. The Bertz CT molecular complexity index is 850. The maximum absolute atomic E-state index is 11.2. The standard InChI is InChI=1S/C21H19N3O2/c25-24(26)21-14-8-7-13-20(21)23-22-19(15-17-9-3-1-4-10-17)16-18-11-5-2-6-12-18/h1-14,23H,15-16H2. The van der Waals surface area contributed by atoms with E-state index in [4.69, 9.17) is 0 Å². The first-order valence-corrected chi connectivity index (χ1v) is 8.35. The first kappa shape index (κ1) is 17.4. The Balaban J connectivity index is 1.85. The van der Waals surface area contributed by atoms with Crippen molar-refractivity contribution in [3.63, 3.8) is 0 Å². The average Bonchev–Trinajstić information content (AvgIpc) is 2.68. The normalized spacial score (nSPS) is 10.2. The Hall–Kier alpha value is -3.47. The molecule has 0 radical (unpaired) electrons. The third kappa shape index (κ3) is 4.77. The number of nitrogens with one attached hydrogen (secondary N) is 1. The predicted molar refractivity (Wildman–Crippen MR) is 104 cm³/mol. The van der Waals surface area contributed by atoms with Gasteiger partial charge in [0.2, 0.25) is 0 Å². The highest BCUT2D eigenvalue weighted by Gasteiger charge is 2.12. The Kier molecular flexibility index (Phi) is 5.72. The van der Waals surface area contributed by atoms with Crippen LogP contribution in [0.5, 0.6) is 0 Å². The van der Waals surface area contributed by atoms with Crippen LogP contribution < -0.4 is 5.43 Å². The van der Waals surface area contributed by atoms with E-state index in [2.05, 4.69) is 10.5 Å². The van der Waals surface area contributed by atoms with Gasteiger partial charge in [0.1, 0.15) is 5.69 Å². The van der Waals surface area contributed by atoms with Gasteiger partial charge in [0.15, 0.2) is 0 Å². The number of nitrogens with zero attached hydrogens (tertiary/aromatic N) is 2. The largest absolute Gasteiger partial charge is 0.294 e. The van der Waals surface area contributed by atoms with Crippen molar-refractivity contribution < 1.29 is 4.92 Å². The van der Waals surface area contributed by atoms with Gasteiger partial charge in [0.25, 0.3) is 5.69 Å². The molecule has 0 unspecified atom stereocenters. The number of hydrazone groups is 1. The summed E-state index contributed by atoms with van der Waals surface area (Å²) in [6.07, 6.45) is 1.34. The van der Waals surface area contributed by atoms with Gasteiger partial charge < -0.3 is 0 Å².